The van der Waals surface area contributed by atoms with Crippen LogP contribution in [0.2, 0.25) is 0 Å². The number of H-pyrrole nitrogens is 1. The number of carbonyl (C=O) groups excluding carboxylic acids is 1. The molecule has 0 bridgehead atoms. The number of alkyl halides is 3. The summed E-state index contributed by atoms with van der Waals surface area (Å²) < 4.78 is 41.2. The normalized spacial score (nSPS) is 11.3. The molecule has 0 radical (unpaired) electrons. The van der Waals surface area contributed by atoms with Gasteiger partial charge in [0.2, 0.25) is 5.82 Å². The molecular formula is C11H8BrF3N4O2. The van der Waals surface area contributed by atoms with E-state index in [9.17, 15) is 18.0 Å². The SMILES string of the molecule is Cc1nc(C(=O)Nc2ccc(Br)cc2OC(F)(F)F)n[nH]1. The summed E-state index contributed by atoms with van der Waals surface area (Å²) in [5.41, 5.74) is -0.150. The van der Waals surface area contributed by atoms with Crippen LogP contribution in [-0.2, 0) is 0 Å². The Morgan fingerprint density at radius 2 is 2.14 bits per heavy atom. The largest absolute Gasteiger partial charge is 0.573 e. The van der Waals surface area contributed by atoms with E-state index >= 15 is 0 Å². The number of ether oxygens (including phenoxy) is 1. The van der Waals surface area contributed by atoms with E-state index in [-0.39, 0.29) is 11.5 Å². The number of halogens is 4. The number of aromatic nitrogens is 3. The van der Waals surface area contributed by atoms with Gasteiger partial charge in [-0.15, -0.1) is 18.3 Å². The van der Waals surface area contributed by atoms with E-state index in [1.54, 1.807) is 6.92 Å². The molecule has 2 N–H and O–H groups in total. The fraction of sp³-hybridized carbons (Fsp3) is 0.182. The first-order valence-corrected chi connectivity index (χ1v) is 6.29. The zero-order valence-corrected chi connectivity index (χ0v) is 12.0. The molecule has 10 heteroatoms. The monoisotopic (exact) mass is 364 g/mol. The summed E-state index contributed by atoms with van der Waals surface area (Å²) in [5, 5.41) is 8.33. The highest BCUT2D eigenvalue weighted by molar-refractivity contribution is 9.10. The average Bonchev–Trinajstić information content (AvgIpc) is 2.77. The van der Waals surface area contributed by atoms with Crippen LogP contribution in [0, 0.1) is 6.92 Å². The van der Waals surface area contributed by atoms with Crippen molar-refractivity contribution in [3.05, 3.63) is 34.3 Å². The van der Waals surface area contributed by atoms with Gasteiger partial charge in [0.1, 0.15) is 5.82 Å². The molecule has 0 aliphatic carbocycles. The molecule has 2 aromatic rings. The van der Waals surface area contributed by atoms with Gasteiger partial charge in [0.25, 0.3) is 5.91 Å². The number of hydrogen-bond acceptors (Lipinski definition) is 4. The number of aromatic amines is 1. The molecule has 1 aromatic heterocycles. The Morgan fingerprint density at radius 1 is 1.43 bits per heavy atom. The highest BCUT2D eigenvalue weighted by Crippen LogP contribution is 2.33. The number of anilines is 1. The summed E-state index contributed by atoms with van der Waals surface area (Å²) in [6.45, 7) is 1.58. The first-order chi connectivity index (χ1) is 9.74. The number of amides is 1. The predicted octanol–water partition coefficient (Wildman–Crippen LogP) is 3.03. The van der Waals surface area contributed by atoms with Gasteiger partial charge < -0.3 is 10.1 Å². The van der Waals surface area contributed by atoms with E-state index in [0.717, 1.165) is 6.07 Å². The number of hydrogen-bond donors (Lipinski definition) is 2. The number of benzene rings is 1. The third-order valence-electron chi connectivity index (χ3n) is 2.22. The quantitative estimate of drug-likeness (QED) is 0.877. The summed E-state index contributed by atoms with van der Waals surface area (Å²) in [7, 11) is 0. The second-order valence-electron chi connectivity index (χ2n) is 3.89. The van der Waals surface area contributed by atoms with Crippen molar-refractivity contribution in [3.63, 3.8) is 0 Å². The Morgan fingerprint density at radius 3 is 2.71 bits per heavy atom. The van der Waals surface area contributed by atoms with Crippen molar-refractivity contribution in [2.24, 2.45) is 0 Å². The molecule has 6 nitrogen and oxygen atoms in total. The van der Waals surface area contributed by atoms with E-state index in [2.05, 4.69) is 41.2 Å². The van der Waals surface area contributed by atoms with Crippen molar-refractivity contribution in [1.29, 1.82) is 0 Å². The van der Waals surface area contributed by atoms with Gasteiger partial charge in [-0.25, -0.2) is 4.98 Å². The number of aryl methyl sites for hydroxylation is 1. The summed E-state index contributed by atoms with van der Waals surface area (Å²) in [4.78, 5) is 15.6. The van der Waals surface area contributed by atoms with Gasteiger partial charge in [-0.2, -0.15) is 0 Å². The van der Waals surface area contributed by atoms with Gasteiger partial charge >= 0.3 is 6.36 Å². The molecule has 0 atom stereocenters. The minimum Gasteiger partial charge on any atom is -0.404 e. The van der Waals surface area contributed by atoms with Gasteiger partial charge in [0, 0.05) is 4.47 Å². The highest BCUT2D eigenvalue weighted by Gasteiger charge is 2.32. The Balaban J connectivity index is 2.25. The Hall–Kier alpha value is -2.10. The molecule has 1 aromatic carbocycles. The van der Waals surface area contributed by atoms with Crippen LogP contribution in [0.15, 0.2) is 22.7 Å². The molecule has 0 unspecified atom stereocenters. The highest BCUT2D eigenvalue weighted by atomic mass is 79.9. The van der Waals surface area contributed by atoms with Gasteiger partial charge in [-0.05, 0) is 25.1 Å². The van der Waals surface area contributed by atoms with Crippen molar-refractivity contribution in [2.75, 3.05) is 5.32 Å². The van der Waals surface area contributed by atoms with E-state index in [4.69, 9.17) is 0 Å². The van der Waals surface area contributed by atoms with E-state index in [1.807, 2.05) is 0 Å². The van der Waals surface area contributed by atoms with E-state index in [0.29, 0.717) is 10.3 Å². The van der Waals surface area contributed by atoms with Crippen LogP contribution >= 0.6 is 15.9 Å². The number of carbonyl (C=O) groups is 1. The molecule has 112 valence electrons. The van der Waals surface area contributed by atoms with Crippen LogP contribution in [-0.4, -0.2) is 27.5 Å². The van der Waals surface area contributed by atoms with E-state index < -0.39 is 18.0 Å². The Labute approximate surface area is 124 Å². The molecule has 21 heavy (non-hydrogen) atoms. The molecule has 1 amide bonds. The summed E-state index contributed by atoms with van der Waals surface area (Å²) in [6, 6.07) is 3.82. The maximum atomic E-state index is 12.3. The van der Waals surface area contributed by atoms with Crippen LogP contribution in [0.4, 0.5) is 18.9 Å². The molecule has 1 heterocycles. The summed E-state index contributed by atoms with van der Waals surface area (Å²) >= 11 is 3.03. The molecule has 2 rings (SSSR count). The second kappa shape index (κ2) is 5.72. The van der Waals surface area contributed by atoms with Crippen molar-refractivity contribution < 1.29 is 22.7 Å². The lowest BCUT2D eigenvalue weighted by atomic mass is 10.3. The molecule has 0 fully saturated rings. The van der Waals surface area contributed by atoms with Crippen LogP contribution in [0.5, 0.6) is 5.75 Å². The van der Waals surface area contributed by atoms with Crippen LogP contribution < -0.4 is 10.1 Å². The average molecular weight is 365 g/mol. The third kappa shape index (κ3) is 4.18. The Kier molecular flexibility index (Phi) is 4.16. The number of nitrogens with zero attached hydrogens (tertiary/aromatic N) is 2. The van der Waals surface area contributed by atoms with E-state index in [1.165, 1.54) is 12.1 Å². The van der Waals surface area contributed by atoms with Crippen molar-refractivity contribution in [2.45, 2.75) is 13.3 Å². The van der Waals surface area contributed by atoms with Crippen LogP contribution in [0.1, 0.15) is 16.4 Å². The van der Waals surface area contributed by atoms with Crippen LogP contribution in [0.3, 0.4) is 0 Å². The summed E-state index contributed by atoms with van der Waals surface area (Å²) in [5.74, 6) is -1.08. The Bertz CT molecular complexity index is 672. The number of nitrogens with one attached hydrogen (secondary N) is 2. The lowest BCUT2D eigenvalue weighted by Gasteiger charge is -2.13. The second-order valence-corrected chi connectivity index (χ2v) is 4.80. The van der Waals surface area contributed by atoms with Gasteiger partial charge in [-0.3, -0.25) is 9.89 Å². The lowest BCUT2D eigenvalue weighted by molar-refractivity contribution is -0.274. The number of rotatable bonds is 3. The topological polar surface area (TPSA) is 79.9 Å². The third-order valence-corrected chi connectivity index (χ3v) is 2.71. The molecule has 0 aliphatic heterocycles. The maximum absolute atomic E-state index is 12.3. The van der Waals surface area contributed by atoms with Crippen molar-refractivity contribution in [3.8, 4) is 5.75 Å². The van der Waals surface area contributed by atoms with Crippen molar-refractivity contribution >= 4 is 27.5 Å². The lowest BCUT2D eigenvalue weighted by Crippen LogP contribution is -2.20. The minimum absolute atomic E-state index is 0.150. The fourth-order valence-corrected chi connectivity index (χ4v) is 1.77. The predicted molar refractivity (Wildman–Crippen MR) is 69.9 cm³/mol. The van der Waals surface area contributed by atoms with Gasteiger partial charge in [0.05, 0.1) is 5.69 Å². The van der Waals surface area contributed by atoms with Crippen molar-refractivity contribution in [1.82, 2.24) is 15.2 Å². The fourth-order valence-electron chi connectivity index (χ4n) is 1.43. The maximum Gasteiger partial charge on any atom is 0.573 e. The minimum atomic E-state index is -4.87. The van der Waals surface area contributed by atoms with Gasteiger partial charge in [0.15, 0.2) is 5.75 Å². The zero-order chi connectivity index (χ0) is 15.6. The zero-order valence-electron chi connectivity index (χ0n) is 10.5. The smallest absolute Gasteiger partial charge is 0.404 e. The first kappa shape index (κ1) is 15.3. The van der Waals surface area contributed by atoms with Gasteiger partial charge in [-0.1, -0.05) is 15.9 Å². The molecule has 0 spiro atoms. The van der Waals surface area contributed by atoms with Crippen LogP contribution in [0.25, 0.3) is 0 Å². The molecule has 0 aliphatic rings. The first-order valence-electron chi connectivity index (χ1n) is 5.50. The summed E-state index contributed by atoms with van der Waals surface area (Å²) in [6.07, 6.45) is -4.87. The molecular weight excluding hydrogens is 357 g/mol. The molecule has 0 saturated carbocycles. The standard InChI is InChI=1S/C11H8BrF3N4O2/c1-5-16-9(19-18-5)10(20)17-7-3-2-6(12)4-8(7)21-11(13,14)15/h2-4H,1H3,(H,17,20)(H,16,18,19). The molecule has 0 saturated heterocycles.